The van der Waals surface area contributed by atoms with Gasteiger partial charge in [-0.2, -0.15) is 13.2 Å². The van der Waals surface area contributed by atoms with Crippen molar-refractivity contribution in [3.63, 3.8) is 0 Å². The van der Waals surface area contributed by atoms with E-state index in [9.17, 15) is 13.2 Å². The number of alkyl halides is 3. The van der Waals surface area contributed by atoms with Crippen molar-refractivity contribution in [3.05, 3.63) is 60.2 Å². The lowest BCUT2D eigenvalue weighted by Crippen LogP contribution is -2.08. The van der Waals surface area contributed by atoms with Crippen LogP contribution >= 0.6 is 0 Å². The Morgan fingerprint density at radius 2 is 1.50 bits per heavy atom. The van der Waals surface area contributed by atoms with E-state index in [4.69, 9.17) is 19.9 Å². The number of halogens is 3. The molecule has 4 aromatic rings. The summed E-state index contributed by atoms with van der Waals surface area (Å²) in [5, 5.41) is 3.17. The van der Waals surface area contributed by atoms with Crippen LogP contribution in [0.4, 0.5) is 30.4 Å². The quantitative estimate of drug-likeness (QED) is 0.351. The third kappa shape index (κ3) is 4.34. The first kappa shape index (κ1) is 23.0. The molecular weight excluding hydrogens is 449 g/mol. The summed E-state index contributed by atoms with van der Waals surface area (Å²) >= 11 is 0. The van der Waals surface area contributed by atoms with Gasteiger partial charge in [-0.05, 0) is 12.1 Å². The van der Waals surface area contributed by atoms with Crippen molar-refractivity contribution in [1.82, 2.24) is 9.97 Å². The summed E-state index contributed by atoms with van der Waals surface area (Å²) in [6, 6.07) is 14.1. The van der Waals surface area contributed by atoms with Crippen molar-refractivity contribution < 1.29 is 27.4 Å². The number of nitrogen functional groups attached to an aromatic ring is 1. The fraction of sp³-hybridized carbons (Fsp3) is 0.167. The summed E-state index contributed by atoms with van der Waals surface area (Å²) in [5.41, 5.74) is 6.63. The maximum absolute atomic E-state index is 13.3. The van der Waals surface area contributed by atoms with Gasteiger partial charge < -0.3 is 25.3 Å². The summed E-state index contributed by atoms with van der Waals surface area (Å²) in [6.45, 7) is 0. The van der Waals surface area contributed by atoms with Crippen LogP contribution < -0.4 is 25.3 Å². The highest BCUT2D eigenvalue weighted by Crippen LogP contribution is 2.42. The molecular formula is C24H21F3N4O3. The van der Waals surface area contributed by atoms with E-state index in [1.165, 1.54) is 21.3 Å². The average molecular weight is 470 g/mol. The normalized spacial score (nSPS) is 11.4. The molecule has 0 saturated carbocycles. The maximum atomic E-state index is 13.3. The van der Waals surface area contributed by atoms with Gasteiger partial charge in [0.15, 0.2) is 17.3 Å². The number of methoxy groups -OCH3 is 3. The lowest BCUT2D eigenvalue weighted by atomic mass is 10.1. The molecule has 7 nitrogen and oxygen atoms in total. The number of nitrogens with two attached hydrogens (primary N) is 1. The predicted octanol–water partition coefficient (Wildman–Crippen LogP) is 5.67. The van der Waals surface area contributed by atoms with E-state index in [0.29, 0.717) is 40.0 Å². The number of anilines is 3. The van der Waals surface area contributed by atoms with Gasteiger partial charge in [0.1, 0.15) is 11.2 Å². The van der Waals surface area contributed by atoms with E-state index >= 15 is 0 Å². The molecule has 176 valence electrons. The average Bonchev–Trinajstić information content (AvgIpc) is 2.83. The molecule has 1 heterocycles. The fourth-order valence-corrected chi connectivity index (χ4v) is 3.52. The van der Waals surface area contributed by atoms with E-state index in [0.717, 1.165) is 12.1 Å². The van der Waals surface area contributed by atoms with E-state index in [-0.39, 0.29) is 16.7 Å². The van der Waals surface area contributed by atoms with Gasteiger partial charge >= 0.3 is 6.18 Å². The smallest absolute Gasteiger partial charge is 0.416 e. The second kappa shape index (κ2) is 8.97. The molecule has 3 N–H and O–H groups in total. The topological polar surface area (TPSA) is 91.5 Å². The van der Waals surface area contributed by atoms with Crippen molar-refractivity contribution in [2.24, 2.45) is 0 Å². The zero-order valence-corrected chi connectivity index (χ0v) is 18.5. The van der Waals surface area contributed by atoms with Crippen LogP contribution in [-0.4, -0.2) is 31.3 Å². The Balaban J connectivity index is 1.92. The van der Waals surface area contributed by atoms with Gasteiger partial charge in [0.25, 0.3) is 0 Å². The van der Waals surface area contributed by atoms with E-state index in [1.54, 1.807) is 36.4 Å². The molecule has 10 heteroatoms. The Bertz CT molecular complexity index is 1320. The van der Waals surface area contributed by atoms with Crippen LogP contribution in [0.25, 0.3) is 22.3 Å². The number of rotatable bonds is 6. The van der Waals surface area contributed by atoms with Crippen LogP contribution in [-0.2, 0) is 6.18 Å². The summed E-state index contributed by atoms with van der Waals surface area (Å²) in [6.07, 6.45) is -4.57. The molecule has 1 aromatic heterocycles. The zero-order chi connectivity index (χ0) is 24.5. The molecule has 0 amide bonds. The van der Waals surface area contributed by atoms with Gasteiger partial charge in [-0.15, -0.1) is 0 Å². The molecule has 4 rings (SSSR count). The minimum absolute atomic E-state index is 0.0293. The zero-order valence-electron chi connectivity index (χ0n) is 18.5. The first-order valence-corrected chi connectivity index (χ1v) is 10.1. The van der Waals surface area contributed by atoms with Crippen molar-refractivity contribution in [1.29, 1.82) is 0 Å². The lowest BCUT2D eigenvalue weighted by Gasteiger charge is -2.17. The Kier molecular flexibility index (Phi) is 6.06. The van der Waals surface area contributed by atoms with Gasteiger partial charge in [0.05, 0.1) is 38.1 Å². The number of hydrogen-bond acceptors (Lipinski definition) is 7. The fourth-order valence-electron chi connectivity index (χ4n) is 3.52. The molecule has 0 spiro atoms. The van der Waals surface area contributed by atoms with E-state index in [1.807, 2.05) is 6.07 Å². The number of fused-ring (bicyclic) bond motifs is 1. The molecule has 0 fully saturated rings. The third-order valence-electron chi connectivity index (χ3n) is 5.10. The molecule has 0 atom stereocenters. The van der Waals surface area contributed by atoms with Crippen molar-refractivity contribution in [2.45, 2.75) is 6.18 Å². The molecule has 0 radical (unpaired) electrons. The van der Waals surface area contributed by atoms with E-state index in [2.05, 4.69) is 15.3 Å². The third-order valence-corrected chi connectivity index (χ3v) is 5.10. The van der Waals surface area contributed by atoms with Crippen LogP contribution in [0.5, 0.6) is 17.2 Å². The largest absolute Gasteiger partial charge is 0.493 e. The molecule has 0 aliphatic rings. The number of ether oxygens (including phenoxy) is 3. The van der Waals surface area contributed by atoms with Crippen LogP contribution in [0.3, 0.4) is 0 Å². The highest BCUT2D eigenvalue weighted by Gasteiger charge is 2.32. The highest BCUT2D eigenvalue weighted by molar-refractivity contribution is 5.92. The minimum Gasteiger partial charge on any atom is -0.493 e. The lowest BCUT2D eigenvalue weighted by molar-refractivity contribution is -0.137. The van der Waals surface area contributed by atoms with Crippen LogP contribution in [0, 0.1) is 0 Å². The van der Waals surface area contributed by atoms with Crippen LogP contribution in [0.15, 0.2) is 54.6 Å². The van der Waals surface area contributed by atoms with Crippen LogP contribution in [0.1, 0.15) is 5.56 Å². The first-order chi connectivity index (χ1) is 16.2. The molecule has 3 aromatic carbocycles. The van der Waals surface area contributed by atoms with Crippen molar-refractivity contribution in [2.75, 3.05) is 32.4 Å². The molecule has 0 unspecified atom stereocenters. The monoisotopic (exact) mass is 470 g/mol. The van der Waals surface area contributed by atoms with Crippen LogP contribution in [0.2, 0.25) is 0 Å². The molecule has 0 bridgehead atoms. The maximum Gasteiger partial charge on any atom is 0.416 e. The van der Waals surface area contributed by atoms with Crippen molar-refractivity contribution >= 4 is 28.2 Å². The molecule has 0 aliphatic heterocycles. The second-order valence-corrected chi connectivity index (χ2v) is 7.26. The number of aromatic nitrogens is 2. The van der Waals surface area contributed by atoms with Crippen molar-refractivity contribution in [3.8, 4) is 28.5 Å². The Morgan fingerprint density at radius 1 is 0.853 bits per heavy atom. The van der Waals surface area contributed by atoms with Gasteiger partial charge in [0.2, 0.25) is 5.75 Å². The van der Waals surface area contributed by atoms with Gasteiger partial charge in [-0.25, -0.2) is 9.97 Å². The highest BCUT2D eigenvalue weighted by atomic mass is 19.4. The molecule has 0 aliphatic carbocycles. The summed E-state index contributed by atoms with van der Waals surface area (Å²) in [4.78, 5) is 9.05. The summed E-state index contributed by atoms with van der Waals surface area (Å²) in [7, 11) is 4.48. The Hall–Kier alpha value is -4.21. The van der Waals surface area contributed by atoms with Gasteiger partial charge in [-0.3, -0.25) is 0 Å². The predicted molar refractivity (Wildman–Crippen MR) is 124 cm³/mol. The first-order valence-electron chi connectivity index (χ1n) is 10.1. The number of hydrogen-bond donors (Lipinski definition) is 2. The standard InChI is InChI=1S/C24H21F3N4O3/c1-32-18-11-15(12-19(33-2)22(18)34-3)29-23-20(13-7-5-4-6-8-13)30-17-10-14(24(25,26)27)9-16(28)21(17)31-23/h4-12H,28H2,1-3H3,(H,29,31). The number of nitrogens with zero attached hydrogens (tertiary/aromatic N) is 2. The summed E-state index contributed by atoms with van der Waals surface area (Å²) in [5.74, 6) is 1.52. The number of benzene rings is 3. The second-order valence-electron chi connectivity index (χ2n) is 7.26. The van der Waals surface area contributed by atoms with E-state index < -0.39 is 11.7 Å². The van der Waals surface area contributed by atoms with Gasteiger partial charge in [-0.1, -0.05) is 30.3 Å². The SMILES string of the molecule is COc1cc(Nc2nc3c(N)cc(C(F)(F)F)cc3nc2-c2ccccc2)cc(OC)c1OC. The van der Waals surface area contributed by atoms with Gasteiger partial charge in [0, 0.05) is 23.4 Å². The minimum atomic E-state index is -4.57. The molecule has 34 heavy (non-hydrogen) atoms. The Morgan fingerprint density at radius 3 is 2.06 bits per heavy atom. The number of nitrogens with one attached hydrogen (secondary N) is 1. The summed E-state index contributed by atoms with van der Waals surface area (Å²) < 4.78 is 56.2. The molecule has 0 saturated heterocycles. The Labute approximate surface area is 193 Å².